The van der Waals surface area contributed by atoms with Crippen LogP contribution in [0, 0.1) is 12.8 Å². The smallest absolute Gasteiger partial charge is 0.124 e. The van der Waals surface area contributed by atoms with Crippen LogP contribution in [0.15, 0.2) is 18.2 Å². The van der Waals surface area contributed by atoms with Crippen LogP contribution in [-0.4, -0.2) is 11.4 Å². The molecule has 0 spiro atoms. The van der Waals surface area contributed by atoms with E-state index in [-0.39, 0.29) is 0 Å². The maximum Gasteiger partial charge on any atom is 0.124 e. The van der Waals surface area contributed by atoms with E-state index in [1.54, 1.807) is 0 Å². The minimum Gasteiger partial charge on any atom is -0.490 e. The van der Waals surface area contributed by atoms with Gasteiger partial charge in [-0.05, 0) is 57.1 Å². The molecule has 1 aromatic carbocycles. The summed E-state index contributed by atoms with van der Waals surface area (Å²) < 4.78 is 6.10. The highest BCUT2D eigenvalue weighted by Crippen LogP contribution is 2.32. The first kappa shape index (κ1) is 14.2. The Balaban J connectivity index is 1.90. The quantitative estimate of drug-likeness (QED) is 0.674. The summed E-state index contributed by atoms with van der Waals surface area (Å²) in [6.07, 6.45) is 6.58. The first-order valence-corrected chi connectivity index (χ1v) is 8.18. The Morgan fingerprint density at radius 2 is 2.00 bits per heavy atom. The molecule has 0 aliphatic heterocycles. The summed E-state index contributed by atoms with van der Waals surface area (Å²) >= 11 is 9.64. The fourth-order valence-electron chi connectivity index (χ4n) is 2.59. The molecule has 0 radical (unpaired) electrons. The maximum absolute atomic E-state index is 6.11. The second-order valence-electron chi connectivity index (χ2n) is 5.10. The lowest BCUT2D eigenvalue weighted by atomic mass is 9.86. The van der Waals surface area contributed by atoms with Gasteiger partial charge in [-0.1, -0.05) is 33.6 Å². The van der Waals surface area contributed by atoms with Crippen LogP contribution in [0.3, 0.4) is 0 Å². The molecule has 1 aromatic rings. The minimum atomic E-state index is 0.369. The van der Waals surface area contributed by atoms with Crippen LogP contribution in [0.1, 0.15) is 37.7 Å². The van der Waals surface area contributed by atoms with Crippen molar-refractivity contribution in [2.24, 2.45) is 5.92 Å². The molecular weight excluding hydrogens is 312 g/mol. The number of halogens is 2. The Morgan fingerprint density at radius 3 is 2.67 bits per heavy atom. The monoisotopic (exact) mass is 330 g/mol. The first-order valence-electron chi connectivity index (χ1n) is 6.68. The highest BCUT2D eigenvalue weighted by atomic mass is 79.9. The highest BCUT2D eigenvalue weighted by Gasteiger charge is 2.22. The van der Waals surface area contributed by atoms with E-state index in [1.165, 1.54) is 32.1 Å². The second-order valence-corrected chi connectivity index (χ2v) is 6.30. The zero-order valence-corrected chi connectivity index (χ0v) is 13.1. The van der Waals surface area contributed by atoms with Crippen LogP contribution >= 0.6 is 27.5 Å². The fraction of sp³-hybridized carbons (Fsp3) is 0.600. The number of ether oxygens (including phenoxy) is 1. The van der Waals surface area contributed by atoms with Crippen molar-refractivity contribution in [1.82, 2.24) is 0 Å². The number of hydrogen-bond acceptors (Lipinski definition) is 1. The number of rotatable bonds is 4. The third-order valence-corrected chi connectivity index (χ3v) is 4.69. The van der Waals surface area contributed by atoms with Gasteiger partial charge in [0.2, 0.25) is 0 Å². The summed E-state index contributed by atoms with van der Waals surface area (Å²) in [6, 6.07) is 5.89. The van der Waals surface area contributed by atoms with Crippen LogP contribution < -0.4 is 4.74 Å². The molecule has 0 aromatic heterocycles. The largest absolute Gasteiger partial charge is 0.490 e. The van der Waals surface area contributed by atoms with Crippen LogP contribution in [0.4, 0.5) is 0 Å². The standard InChI is InChI=1S/C15H20BrClO/c1-11-14(17)3-2-4-15(11)18-13-7-5-12(6-8-13)9-10-16/h2-4,12-13H,5-10H2,1H3. The Bertz CT molecular complexity index is 386. The molecule has 0 atom stereocenters. The van der Waals surface area contributed by atoms with Crippen LogP contribution in [-0.2, 0) is 0 Å². The van der Waals surface area contributed by atoms with Gasteiger partial charge in [-0.3, -0.25) is 0 Å². The molecule has 1 aliphatic carbocycles. The molecule has 0 bridgehead atoms. The van der Waals surface area contributed by atoms with Crippen LogP contribution in [0.2, 0.25) is 5.02 Å². The Hall–Kier alpha value is -0.210. The van der Waals surface area contributed by atoms with E-state index in [2.05, 4.69) is 15.9 Å². The van der Waals surface area contributed by atoms with Crippen molar-refractivity contribution in [3.8, 4) is 5.75 Å². The molecule has 18 heavy (non-hydrogen) atoms. The number of benzene rings is 1. The van der Waals surface area contributed by atoms with Gasteiger partial charge in [-0.2, -0.15) is 0 Å². The normalized spacial score (nSPS) is 23.9. The molecular formula is C15H20BrClO. The van der Waals surface area contributed by atoms with E-state index in [0.717, 1.165) is 27.6 Å². The van der Waals surface area contributed by atoms with Gasteiger partial charge in [0.1, 0.15) is 5.75 Å². The molecule has 0 N–H and O–H groups in total. The van der Waals surface area contributed by atoms with E-state index in [1.807, 2.05) is 25.1 Å². The zero-order valence-electron chi connectivity index (χ0n) is 10.8. The third-order valence-electron chi connectivity index (χ3n) is 3.82. The van der Waals surface area contributed by atoms with Crippen LogP contribution in [0.25, 0.3) is 0 Å². The lowest BCUT2D eigenvalue weighted by Gasteiger charge is -2.29. The molecule has 3 heteroatoms. The third kappa shape index (κ3) is 3.64. The predicted octanol–water partition coefficient (Wildman–Crippen LogP) is 5.37. The SMILES string of the molecule is Cc1c(Cl)cccc1OC1CCC(CCBr)CC1. The summed E-state index contributed by atoms with van der Waals surface area (Å²) in [5, 5.41) is 1.91. The van der Waals surface area contributed by atoms with Gasteiger partial charge in [0.05, 0.1) is 6.10 Å². The highest BCUT2D eigenvalue weighted by molar-refractivity contribution is 9.09. The van der Waals surface area contributed by atoms with Gasteiger partial charge in [-0.15, -0.1) is 0 Å². The van der Waals surface area contributed by atoms with Crippen molar-refractivity contribution < 1.29 is 4.74 Å². The summed E-state index contributed by atoms with van der Waals surface area (Å²) in [5.41, 5.74) is 1.06. The van der Waals surface area contributed by atoms with Gasteiger partial charge in [0, 0.05) is 15.9 Å². The van der Waals surface area contributed by atoms with E-state index >= 15 is 0 Å². The molecule has 0 heterocycles. The molecule has 0 saturated heterocycles. The van der Waals surface area contributed by atoms with Gasteiger partial charge in [-0.25, -0.2) is 0 Å². The molecule has 1 fully saturated rings. The van der Waals surface area contributed by atoms with E-state index in [4.69, 9.17) is 16.3 Å². The predicted molar refractivity (Wildman–Crippen MR) is 81.0 cm³/mol. The summed E-state index contributed by atoms with van der Waals surface area (Å²) in [6.45, 7) is 2.02. The molecule has 1 aliphatic rings. The van der Waals surface area contributed by atoms with Crippen molar-refractivity contribution in [3.63, 3.8) is 0 Å². The zero-order chi connectivity index (χ0) is 13.0. The molecule has 1 saturated carbocycles. The van der Waals surface area contributed by atoms with Gasteiger partial charge in [0.25, 0.3) is 0 Å². The second kappa shape index (κ2) is 6.81. The summed E-state index contributed by atoms with van der Waals surface area (Å²) in [4.78, 5) is 0. The summed E-state index contributed by atoms with van der Waals surface area (Å²) in [5.74, 6) is 1.83. The Morgan fingerprint density at radius 1 is 1.28 bits per heavy atom. The van der Waals surface area contributed by atoms with Crippen molar-refractivity contribution >= 4 is 27.5 Å². The van der Waals surface area contributed by atoms with Crippen LogP contribution in [0.5, 0.6) is 5.75 Å². The lowest BCUT2D eigenvalue weighted by molar-refractivity contribution is 0.129. The maximum atomic E-state index is 6.11. The summed E-state index contributed by atoms with van der Waals surface area (Å²) in [7, 11) is 0. The molecule has 100 valence electrons. The van der Waals surface area contributed by atoms with Crippen molar-refractivity contribution in [2.75, 3.05) is 5.33 Å². The molecule has 0 amide bonds. The van der Waals surface area contributed by atoms with E-state index in [9.17, 15) is 0 Å². The van der Waals surface area contributed by atoms with Gasteiger partial charge < -0.3 is 4.74 Å². The van der Waals surface area contributed by atoms with E-state index in [0.29, 0.717) is 6.10 Å². The van der Waals surface area contributed by atoms with Crippen molar-refractivity contribution in [2.45, 2.75) is 45.1 Å². The topological polar surface area (TPSA) is 9.23 Å². The molecule has 0 unspecified atom stereocenters. The Kier molecular flexibility index (Phi) is 5.38. The first-order chi connectivity index (χ1) is 8.70. The number of alkyl halides is 1. The average Bonchev–Trinajstić information content (AvgIpc) is 2.38. The Labute approximate surface area is 123 Å². The van der Waals surface area contributed by atoms with E-state index < -0.39 is 0 Å². The minimum absolute atomic E-state index is 0.369. The average molecular weight is 332 g/mol. The molecule has 1 nitrogen and oxygen atoms in total. The molecule has 2 rings (SSSR count). The van der Waals surface area contributed by atoms with Crippen molar-refractivity contribution in [1.29, 1.82) is 0 Å². The fourth-order valence-corrected chi connectivity index (χ4v) is 3.40. The van der Waals surface area contributed by atoms with Crippen molar-refractivity contribution in [3.05, 3.63) is 28.8 Å². The van der Waals surface area contributed by atoms with Gasteiger partial charge in [0.15, 0.2) is 0 Å². The lowest BCUT2D eigenvalue weighted by Crippen LogP contribution is -2.24. The van der Waals surface area contributed by atoms with Gasteiger partial charge >= 0.3 is 0 Å². The number of hydrogen-bond donors (Lipinski definition) is 0.